The van der Waals surface area contributed by atoms with Crippen molar-refractivity contribution in [3.63, 3.8) is 0 Å². The molecular formula is C9H19N. The van der Waals surface area contributed by atoms with E-state index in [-0.39, 0.29) is 0 Å². The summed E-state index contributed by atoms with van der Waals surface area (Å²) in [6.07, 6.45) is 5.93. The van der Waals surface area contributed by atoms with Gasteiger partial charge >= 0.3 is 0 Å². The topological polar surface area (TPSA) is 12.0 Å². The molecule has 1 atom stereocenters. The van der Waals surface area contributed by atoms with E-state index < -0.39 is 0 Å². The Morgan fingerprint density at radius 3 is 2.70 bits per heavy atom. The molecular weight excluding hydrogens is 122 g/mol. The van der Waals surface area contributed by atoms with Gasteiger partial charge in [0.25, 0.3) is 0 Å². The van der Waals surface area contributed by atoms with Gasteiger partial charge in [0.05, 0.1) is 0 Å². The SMILES string of the molecule is C=CC(CCCC)CNC. The molecule has 1 N–H and O–H groups in total. The Morgan fingerprint density at radius 1 is 1.60 bits per heavy atom. The monoisotopic (exact) mass is 141 g/mol. The molecule has 1 heteroatoms. The Morgan fingerprint density at radius 2 is 2.30 bits per heavy atom. The van der Waals surface area contributed by atoms with Gasteiger partial charge in [0.2, 0.25) is 0 Å². The minimum Gasteiger partial charge on any atom is -0.319 e. The number of rotatable bonds is 6. The van der Waals surface area contributed by atoms with Gasteiger partial charge in [0.15, 0.2) is 0 Å². The van der Waals surface area contributed by atoms with Gasteiger partial charge in [-0.25, -0.2) is 0 Å². The van der Waals surface area contributed by atoms with Crippen LogP contribution in [-0.2, 0) is 0 Å². The van der Waals surface area contributed by atoms with E-state index in [2.05, 4.69) is 18.8 Å². The van der Waals surface area contributed by atoms with Crippen LogP contribution in [0.2, 0.25) is 0 Å². The normalized spacial score (nSPS) is 13.0. The molecule has 0 aliphatic rings. The lowest BCUT2D eigenvalue weighted by molar-refractivity contribution is 0.528. The van der Waals surface area contributed by atoms with Crippen LogP contribution in [0.5, 0.6) is 0 Å². The minimum atomic E-state index is 0.671. The third-order valence-corrected chi connectivity index (χ3v) is 1.73. The molecule has 1 unspecified atom stereocenters. The zero-order valence-electron chi connectivity index (χ0n) is 7.19. The van der Waals surface area contributed by atoms with Gasteiger partial charge in [-0.15, -0.1) is 6.58 Å². The van der Waals surface area contributed by atoms with Crippen LogP contribution in [0, 0.1) is 5.92 Å². The van der Waals surface area contributed by atoms with Crippen molar-refractivity contribution >= 4 is 0 Å². The van der Waals surface area contributed by atoms with Crippen LogP contribution in [-0.4, -0.2) is 13.6 Å². The summed E-state index contributed by atoms with van der Waals surface area (Å²) in [5.41, 5.74) is 0. The second-order valence-corrected chi connectivity index (χ2v) is 2.70. The molecule has 60 valence electrons. The summed E-state index contributed by atoms with van der Waals surface area (Å²) in [5.74, 6) is 0.671. The van der Waals surface area contributed by atoms with Gasteiger partial charge in [0, 0.05) is 6.54 Å². The molecule has 0 aliphatic carbocycles. The Kier molecular flexibility index (Phi) is 6.61. The summed E-state index contributed by atoms with van der Waals surface area (Å²) < 4.78 is 0. The summed E-state index contributed by atoms with van der Waals surface area (Å²) in [4.78, 5) is 0. The molecule has 0 aliphatic heterocycles. The summed E-state index contributed by atoms with van der Waals surface area (Å²) >= 11 is 0. The van der Waals surface area contributed by atoms with Crippen molar-refractivity contribution in [2.75, 3.05) is 13.6 Å². The second kappa shape index (κ2) is 6.81. The second-order valence-electron chi connectivity index (χ2n) is 2.70. The lowest BCUT2D eigenvalue weighted by Crippen LogP contribution is -2.16. The highest BCUT2D eigenvalue weighted by Gasteiger charge is 1.99. The number of hydrogen-bond donors (Lipinski definition) is 1. The quantitative estimate of drug-likeness (QED) is 0.559. The molecule has 0 spiro atoms. The minimum absolute atomic E-state index is 0.671. The molecule has 0 aromatic heterocycles. The highest BCUT2D eigenvalue weighted by molar-refractivity contribution is 4.79. The average molecular weight is 141 g/mol. The maximum Gasteiger partial charge on any atom is 0.00111 e. The van der Waals surface area contributed by atoms with Crippen molar-refractivity contribution in [2.45, 2.75) is 26.2 Å². The first-order valence-corrected chi connectivity index (χ1v) is 4.12. The highest BCUT2D eigenvalue weighted by atomic mass is 14.8. The summed E-state index contributed by atoms with van der Waals surface area (Å²) in [6, 6.07) is 0. The van der Waals surface area contributed by atoms with Crippen molar-refractivity contribution < 1.29 is 0 Å². The molecule has 0 rings (SSSR count). The van der Waals surface area contributed by atoms with Crippen LogP contribution in [0.15, 0.2) is 12.7 Å². The third-order valence-electron chi connectivity index (χ3n) is 1.73. The molecule has 0 aromatic rings. The number of hydrogen-bond acceptors (Lipinski definition) is 1. The van der Waals surface area contributed by atoms with E-state index in [1.165, 1.54) is 19.3 Å². The van der Waals surface area contributed by atoms with Gasteiger partial charge in [-0.2, -0.15) is 0 Å². The van der Waals surface area contributed by atoms with E-state index in [0.29, 0.717) is 5.92 Å². The standard InChI is InChI=1S/C9H19N/c1-4-6-7-9(5-2)8-10-3/h5,9-10H,2,4,6-8H2,1,3H3. The van der Waals surface area contributed by atoms with Gasteiger partial charge in [-0.05, 0) is 19.4 Å². The molecule has 1 nitrogen and oxygen atoms in total. The van der Waals surface area contributed by atoms with Gasteiger partial charge < -0.3 is 5.32 Å². The maximum absolute atomic E-state index is 3.79. The van der Waals surface area contributed by atoms with Crippen molar-refractivity contribution in [1.29, 1.82) is 0 Å². The molecule has 0 bridgehead atoms. The predicted octanol–water partition coefficient (Wildman–Crippen LogP) is 2.20. The van der Waals surface area contributed by atoms with Gasteiger partial charge in [0.1, 0.15) is 0 Å². The molecule has 0 saturated carbocycles. The number of nitrogens with one attached hydrogen (secondary N) is 1. The largest absolute Gasteiger partial charge is 0.319 e. The van der Waals surface area contributed by atoms with Crippen LogP contribution in [0.25, 0.3) is 0 Å². The van der Waals surface area contributed by atoms with Crippen molar-refractivity contribution in [3.05, 3.63) is 12.7 Å². The summed E-state index contributed by atoms with van der Waals surface area (Å²) in [7, 11) is 1.99. The first-order chi connectivity index (χ1) is 4.85. The van der Waals surface area contributed by atoms with E-state index in [4.69, 9.17) is 0 Å². The Balaban J connectivity index is 3.29. The molecule has 0 saturated heterocycles. The molecule has 10 heavy (non-hydrogen) atoms. The predicted molar refractivity (Wildman–Crippen MR) is 47.1 cm³/mol. The molecule has 0 radical (unpaired) electrons. The zero-order valence-corrected chi connectivity index (χ0v) is 7.19. The Labute approximate surface area is 64.5 Å². The molecule has 0 amide bonds. The average Bonchev–Trinajstić information content (AvgIpc) is 1.98. The highest BCUT2D eigenvalue weighted by Crippen LogP contribution is 2.07. The molecule has 0 fully saturated rings. The summed E-state index contributed by atoms with van der Waals surface area (Å²) in [5, 5.41) is 3.16. The third kappa shape index (κ3) is 4.57. The van der Waals surface area contributed by atoms with Gasteiger partial charge in [-0.1, -0.05) is 25.8 Å². The van der Waals surface area contributed by atoms with Crippen molar-refractivity contribution in [2.24, 2.45) is 5.92 Å². The smallest absolute Gasteiger partial charge is 0.00111 e. The van der Waals surface area contributed by atoms with Crippen LogP contribution in [0.3, 0.4) is 0 Å². The van der Waals surface area contributed by atoms with Gasteiger partial charge in [-0.3, -0.25) is 0 Å². The van der Waals surface area contributed by atoms with E-state index in [0.717, 1.165) is 6.54 Å². The lowest BCUT2D eigenvalue weighted by atomic mass is 10.0. The Bertz CT molecular complexity index is 78.8. The zero-order chi connectivity index (χ0) is 7.82. The fraction of sp³-hybridized carbons (Fsp3) is 0.778. The van der Waals surface area contributed by atoms with E-state index in [1.54, 1.807) is 0 Å². The lowest BCUT2D eigenvalue weighted by Gasteiger charge is -2.09. The first-order valence-electron chi connectivity index (χ1n) is 4.12. The van der Waals surface area contributed by atoms with Crippen molar-refractivity contribution in [1.82, 2.24) is 5.32 Å². The maximum atomic E-state index is 3.79. The van der Waals surface area contributed by atoms with Crippen LogP contribution >= 0.6 is 0 Å². The van der Waals surface area contributed by atoms with Crippen LogP contribution < -0.4 is 5.32 Å². The van der Waals surface area contributed by atoms with Crippen molar-refractivity contribution in [3.8, 4) is 0 Å². The van der Waals surface area contributed by atoms with E-state index in [1.807, 2.05) is 13.1 Å². The number of unbranched alkanes of at least 4 members (excludes halogenated alkanes) is 1. The van der Waals surface area contributed by atoms with E-state index in [9.17, 15) is 0 Å². The first kappa shape index (κ1) is 9.70. The fourth-order valence-corrected chi connectivity index (χ4v) is 1.03. The molecule has 0 aromatic carbocycles. The van der Waals surface area contributed by atoms with Crippen LogP contribution in [0.1, 0.15) is 26.2 Å². The van der Waals surface area contributed by atoms with Crippen LogP contribution in [0.4, 0.5) is 0 Å². The Hall–Kier alpha value is -0.300. The van der Waals surface area contributed by atoms with E-state index >= 15 is 0 Å². The summed E-state index contributed by atoms with van der Waals surface area (Å²) in [6.45, 7) is 7.09. The molecule has 0 heterocycles. The fourth-order valence-electron chi connectivity index (χ4n) is 1.03.